The van der Waals surface area contributed by atoms with Gasteiger partial charge in [0, 0.05) is 29.3 Å². The van der Waals surface area contributed by atoms with Gasteiger partial charge in [-0.1, -0.05) is 70.5 Å². The predicted octanol–water partition coefficient (Wildman–Crippen LogP) is 8.28. The van der Waals surface area contributed by atoms with Gasteiger partial charge in [-0.05, 0) is 79.1 Å². The minimum atomic E-state index is -0.342. The molecule has 7 heteroatoms. The minimum absolute atomic E-state index is 0.112. The summed E-state index contributed by atoms with van der Waals surface area (Å²) in [5.74, 6) is -0.488. The summed E-state index contributed by atoms with van der Waals surface area (Å²) in [7, 11) is 1.39. The Hall–Kier alpha value is -3.00. The molecule has 2 aromatic carbocycles. The number of unbranched alkanes of at least 4 members (excludes halogenated alkanes) is 1. The summed E-state index contributed by atoms with van der Waals surface area (Å²) in [6, 6.07) is 20.8. The van der Waals surface area contributed by atoms with Crippen molar-refractivity contribution in [2.24, 2.45) is 0 Å². The molecule has 1 heterocycles. The highest BCUT2D eigenvalue weighted by molar-refractivity contribution is 7.12. The van der Waals surface area contributed by atoms with E-state index in [1.807, 2.05) is 42.5 Å². The summed E-state index contributed by atoms with van der Waals surface area (Å²) >= 11 is 1.82. The lowest BCUT2D eigenvalue weighted by Crippen LogP contribution is -2.30. The number of esters is 2. The molecule has 0 radical (unpaired) electrons. The second-order valence-corrected chi connectivity index (χ2v) is 13.2. The predicted molar refractivity (Wildman–Crippen MR) is 175 cm³/mol. The van der Waals surface area contributed by atoms with E-state index in [1.165, 1.54) is 28.0 Å². The van der Waals surface area contributed by atoms with Crippen molar-refractivity contribution in [3.63, 3.8) is 0 Å². The molecule has 0 saturated heterocycles. The van der Waals surface area contributed by atoms with E-state index in [9.17, 15) is 9.59 Å². The molecule has 0 N–H and O–H groups in total. The Labute approximate surface area is 262 Å². The smallest absolute Gasteiger partial charge is 0.337 e. The number of thiophene rings is 1. The summed E-state index contributed by atoms with van der Waals surface area (Å²) in [4.78, 5) is 28.9. The molecule has 1 aromatic heterocycles. The first kappa shape index (κ1) is 34.5. The number of rotatable bonds is 17. The van der Waals surface area contributed by atoms with Gasteiger partial charge in [-0.2, -0.15) is 0 Å². The Morgan fingerprint density at radius 1 is 0.953 bits per heavy atom. The first-order valence-corrected chi connectivity index (χ1v) is 16.3. The quantitative estimate of drug-likeness (QED) is 0.114. The molecule has 0 fully saturated rings. The molecule has 3 aromatic rings. The van der Waals surface area contributed by atoms with Crippen LogP contribution in [-0.4, -0.2) is 43.6 Å². The van der Waals surface area contributed by atoms with Crippen LogP contribution < -0.4 is 0 Å². The number of carbonyl (C=O) groups excluding carboxylic acids is 2. The fourth-order valence-corrected chi connectivity index (χ4v) is 5.95. The minimum Gasteiger partial charge on any atom is -0.466 e. The number of benzene rings is 2. The zero-order chi connectivity index (χ0) is 31.2. The highest BCUT2D eigenvalue weighted by Crippen LogP contribution is 2.31. The number of nitrogens with zero attached hydrogens (tertiary/aromatic N) is 1. The third-order valence-electron chi connectivity index (χ3n) is 7.30. The van der Waals surface area contributed by atoms with E-state index in [2.05, 4.69) is 69.0 Å². The van der Waals surface area contributed by atoms with E-state index < -0.39 is 0 Å². The van der Waals surface area contributed by atoms with Crippen LogP contribution in [0.2, 0.25) is 0 Å². The lowest BCUT2D eigenvalue weighted by atomic mass is 9.95. The third-order valence-corrected chi connectivity index (χ3v) is 8.79. The maximum Gasteiger partial charge on any atom is 0.337 e. The van der Waals surface area contributed by atoms with Crippen LogP contribution in [0.1, 0.15) is 103 Å². The monoisotopic (exact) mass is 607 g/mol. The molecule has 0 saturated carbocycles. The van der Waals surface area contributed by atoms with Crippen LogP contribution in [0, 0.1) is 0 Å². The second kappa shape index (κ2) is 17.3. The summed E-state index contributed by atoms with van der Waals surface area (Å²) in [5.41, 5.74) is 4.24. The average Bonchev–Trinajstić information content (AvgIpc) is 3.48. The molecule has 0 bridgehead atoms. The molecule has 0 amide bonds. The van der Waals surface area contributed by atoms with Crippen molar-refractivity contribution >= 4 is 23.3 Å². The van der Waals surface area contributed by atoms with E-state index in [0.717, 1.165) is 37.8 Å². The van der Waals surface area contributed by atoms with Crippen LogP contribution in [0.3, 0.4) is 0 Å². The first-order chi connectivity index (χ1) is 20.6. The Bertz CT molecular complexity index is 1280. The Kier molecular flexibility index (Phi) is 13.9. The third kappa shape index (κ3) is 11.5. The number of aryl methyl sites for hydroxylation is 1. The SMILES string of the molecule is CCCc1cccc([C@H](CN(CCCCC(=O)OCC)Cc2ccc(C(=O)OC)cc2)OCc2ccc(C(C)(C)C)s2)c1. The van der Waals surface area contributed by atoms with Crippen LogP contribution in [0.15, 0.2) is 60.7 Å². The summed E-state index contributed by atoms with van der Waals surface area (Å²) < 4.78 is 16.7. The number of methoxy groups -OCH3 is 1. The van der Waals surface area contributed by atoms with E-state index in [4.69, 9.17) is 14.2 Å². The van der Waals surface area contributed by atoms with E-state index in [0.29, 0.717) is 38.3 Å². The van der Waals surface area contributed by atoms with Crippen LogP contribution in [0.5, 0.6) is 0 Å². The fraction of sp³-hybridized carbons (Fsp3) is 0.500. The van der Waals surface area contributed by atoms with Gasteiger partial charge in [0.25, 0.3) is 0 Å². The number of hydrogen-bond acceptors (Lipinski definition) is 7. The van der Waals surface area contributed by atoms with Crippen LogP contribution in [0.25, 0.3) is 0 Å². The Morgan fingerprint density at radius 2 is 1.72 bits per heavy atom. The molecular weight excluding hydrogens is 558 g/mol. The van der Waals surface area contributed by atoms with Crippen molar-refractivity contribution in [1.82, 2.24) is 4.90 Å². The second-order valence-electron chi connectivity index (χ2n) is 12.0. The molecule has 6 nitrogen and oxygen atoms in total. The fourth-order valence-electron chi connectivity index (χ4n) is 4.96. The van der Waals surface area contributed by atoms with E-state index >= 15 is 0 Å². The van der Waals surface area contributed by atoms with Gasteiger partial charge in [0.2, 0.25) is 0 Å². The van der Waals surface area contributed by atoms with Crippen LogP contribution in [0.4, 0.5) is 0 Å². The molecule has 43 heavy (non-hydrogen) atoms. The van der Waals surface area contributed by atoms with Gasteiger partial charge >= 0.3 is 11.9 Å². The number of ether oxygens (including phenoxy) is 3. The highest BCUT2D eigenvalue weighted by atomic mass is 32.1. The lowest BCUT2D eigenvalue weighted by molar-refractivity contribution is -0.143. The summed E-state index contributed by atoms with van der Waals surface area (Å²) in [6.07, 6.45) is 4.04. The maximum atomic E-state index is 12.0. The Balaban J connectivity index is 1.82. The standard InChI is InChI=1S/C36H49NO5S/c1-7-12-27-13-11-14-30(23-27)32(42-26-31-20-21-33(43-31)36(3,4)5)25-37(22-10-9-15-34(38)41-8-2)24-28-16-18-29(19-17-28)35(39)40-6/h11,13-14,16-21,23,32H,7-10,12,15,22,24-26H2,1-6H3/t32-/m0/s1. The number of carbonyl (C=O) groups is 2. The normalized spacial score (nSPS) is 12.3. The molecule has 234 valence electrons. The maximum absolute atomic E-state index is 12.0. The zero-order valence-corrected chi connectivity index (χ0v) is 27.6. The van der Waals surface area contributed by atoms with Gasteiger partial charge < -0.3 is 14.2 Å². The molecule has 0 spiro atoms. The largest absolute Gasteiger partial charge is 0.466 e. The number of hydrogen-bond donors (Lipinski definition) is 0. The average molecular weight is 608 g/mol. The van der Waals surface area contributed by atoms with Crippen molar-refractivity contribution in [2.75, 3.05) is 26.8 Å². The summed E-state index contributed by atoms with van der Waals surface area (Å²) in [5, 5.41) is 0. The van der Waals surface area contributed by atoms with Gasteiger partial charge in [0.15, 0.2) is 0 Å². The van der Waals surface area contributed by atoms with Crippen molar-refractivity contribution in [3.8, 4) is 0 Å². The van der Waals surface area contributed by atoms with Gasteiger partial charge in [0.05, 0.1) is 32.0 Å². The van der Waals surface area contributed by atoms with Gasteiger partial charge in [-0.25, -0.2) is 4.79 Å². The van der Waals surface area contributed by atoms with Gasteiger partial charge in [-0.15, -0.1) is 11.3 Å². The molecule has 0 unspecified atom stereocenters. The molecule has 0 aliphatic carbocycles. The molecule has 0 aliphatic rings. The lowest BCUT2D eigenvalue weighted by Gasteiger charge is -2.28. The van der Waals surface area contributed by atoms with Crippen molar-refractivity contribution in [1.29, 1.82) is 0 Å². The van der Waals surface area contributed by atoms with Crippen molar-refractivity contribution in [3.05, 3.63) is 92.7 Å². The Morgan fingerprint density at radius 3 is 2.37 bits per heavy atom. The molecule has 0 aliphatic heterocycles. The van der Waals surface area contributed by atoms with Crippen LogP contribution in [-0.2, 0) is 44.0 Å². The summed E-state index contributed by atoms with van der Waals surface area (Å²) in [6.45, 7) is 13.9. The first-order valence-electron chi connectivity index (χ1n) is 15.5. The van der Waals surface area contributed by atoms with Crippen LogP contribution >= 0.6 is 11.3 Å². The van der Waals surface area contributed by atoms with E-state index in [-0.39, 0.29) is 23.5 Å². The van der Waals surface area contributed by atoms with Crippen molar-refractivity contribution < 1.29 is 23.8 Å². The zero-order valence-electron chi connectivity index (χ0n) is 26.8. The highest BCUT2D eigenvalue weighted by Gasteiger charge is 2.21. The van der Waals surface area contributed by atoms with Crippen molar-refractivity contribution in [2.45, 2.75) is 91.4 Å². The van der Waals surface area contributed by atoms with Gasteiger partial charge in [-0.3, -0.25) is 9.69 Å². The molecular formula is C36H49NO5S. The molecule has 3 rings (SSSR count). The van der Waals surface area contributed by atoms with Gasteiger partial charge in [0.1, 0.15) is 0 Å². The van der Waals surface area contributed by atoms with E-state index in [1.54, 1.807) is 0 Å². The topological polar surface area (TPSA) is 65.1 Å². The molecule has 1 atom stereocenters.